The fourth-order valence-electron chi connectivity index (χ4n) is 2.43. The summed E-state index contributed by atoms with van der Waals surface area (Å²) in [5.74, 6) is 1.08. The van der Waals surface area contributed by atoms with Gasteiger partial charge in [0, 0.05) is 13.1 Å². The normalized spacial score (nSPS) is 23.7. The average Bonchev–Trinajstić information content (AvgIpc) is 3.07. The zero-order valence-electron chi connectivity index (χ0n) is 8.46. The minimum atomic E-state index is 0.746. The zero-order valence-corrected chi connectivity index (χ0v) is 9.28. The van der Waals surface area contributed by atoms with E-state index in [2.05, 4.69) is 22.1 Å². The number of thiophene rings is 1. The van der Waals surface area contributed by atoms with E-state index in [1.54, 1.807) is 11.3 Å². The SMILES string of the molecule is c1cc(CNCC2(C3CC3)CC2)cs1. The molecule has 0 aromatic carbocycles. The lowest BCUT2D eigenvalue weighted by Gasteiger charge is -2.14. The van der Waals surface area contributed by atoms with Crippen molar-refractivity contribution in [1.82, 2.24) is 5.32 Å². The Labute approximate surface area is 89.5 Å². The van der Waals surface area contributed by atoms with Crippen LogP contribution in [-0.4, -0.2) is 6.54 Å². The minimum absolute atomic E-state index is 0.746. The standard InChI is InChI=1S/C12H17NS/c1-2-11(1)12(4-5-12)9-13-7-10-3-6-14-8-10/h3,6,8,11,13H,1-2,4-5,7,9H2. The molecule has 14 heavy (non-hydrogen) atoms. The van der Waals surface area contributed by atoms with Crippen molar-refractivity contribution >= 4 is 11.3 Å². The van der Waals surface area contributed by atoms with E-state index in [4.69, 9.17) is 0 Å². The smallest absolute Gasteiger partial charge is 0.0213 e. The summed E-state index contributed by atoms with van der Waals surface area (Å²) in [5.41, 5.74) is 2.19. The van der Waals surface area contributed by atoms with Gasteiger partial charge in [0.15, 0.2) is 0 Å². The van der Waals surface area contributed by atoms with Crippen molar-refractivity contribution < 1.29 is 0 Å². The highest BCUT2D eigenvalue weighted by molar-refractivity contribution is 7.07. The monoisotopic (exact) mass is 207 g/mol. The van der Waals surface area contributed by atoms with Crippen LogP contribution in [0.2, 0.25) is 0 Å². The van der Waals surface area contributed by atoms with Crippen LogP contribution in [0, 0.1) is 11.3 Å². The summed E-state index contributed by atoms with van der Waals surface area (Å²) in [6.07, 6.45) is 5.96. The van der Waals surface area contributed by atoms with Gasteiger partial charge >= 0.3 is 0 Å². The van der Waals surface area contributed by atoms with Crippen LogP contribution >= 0.6 is 11.3 Å². The first-order valence-electron chi connectivity index (χ1n) is 5.61. The van der Waals surface area contributed by atoms with E-state index in [1.807, 2.05) is 0 Å². The molecule has 1 N–H and O–H groups in total. The van der Waals surface area contributed by atoms with Gasteiger partial charge in [-0.15, -0.1) is 0 Å². The van der Waals surface area contributed by atoms with Gasteiger partial charge in [0.2, 0.25) is 0 Å². The Morgan fingerprint density at radius 2 is 2.29 bits per heavy atom. The molecule has 0 saturated heterocycles. The second-order valence-corrected chi connectivity index (χ2v) is 5.65. The lowest BCUT2D eigenvalue weighted by Crippen LogP contribution is -2.24. The summed E-state index contributed by atoms with van der Waals surface area (Å²) in [4.78, 5) is 0. The third-order valence-corrected chi connectivity index (χ3v) is 4.45. The maximum absolute atomic E-state index is 3.62. The van der Waals surface area contributed by atoms with Crippen molar-refractivity contribution in [2.45, 2.75) is 32.2 Å². The molecule has 1 aromatic rings. The van der Waals surface area contributed by atoms with Crippen LogP contribution in [0.5, 0.6) is 0 Å². The first kappa shape index (κ1) is 8.93. The Kier molecular flexibility index (Phi) is 2.14. The molecule has 0 radical (unpaired) electrons. The van der Waals surface area contributed by atoms with Crippen molar-refractivity contribution in [3.63, 3.8) is 0 Å². The highest BCUT2D eigenvalue weighted by Crippen LogP contribution is 2.60. The molecule has 2 heteroatoms. The van der Waals surface area contributed by atoms with E-state index in [-0.39, 0.29) is 0 Å². The molecule has 0 atom stereocenters. The molecule has 2 aliphatic rings. The van der Waals surface area contributed by atoms with Gasteiger partial charge < -0.3 is 5.32 Å². The van der Waals surface area contributed by atoms with Gasteiger partial charge in [0.1, 0.15) is 0 Å². The third kappa shape index (κ3) is 1.73. The number of hydrogen-bond acceptors (Lipinski definition) is 2. The highest BCUT2D eigenvalue weighted by atomic mass is 32.1. The van der Waals surface area contributed by atoms with E-state index in [1.165, 1.54) is 37.8 Å². The third-order valence-electron chi connectivity index (χ3n) is 3.72. The zero-order chi connectivity index (χ0) is 9.43. The van der Waals surface area contributed by atoms with Gasteiger partial charge in [-0.25, -0.2) is 0 Å². The highest BCUT2D eigenvalue weighted by Gasteiger charge is 2.53. The molecule has 0 aliphatic heterocycles. The first-order chi connectivity index (χ1) is 6.89. The molecule has 1 heterocycles. The molecule has 3 rings (SSSR count). The quantitative estimate of drug-likeness (QED) is 0.782. The van der Waals surface area contributed by atoms with E-state index < -0.39 is 0 Å². The maximum Gasteiger partial charge on any atom is 0.0213 e. The Morgan fingerprint density at radius 3 is 2.86 bits per heavy atom. The van der Waals surface area contributed by atoms with Crippen LogP contribution in [0.15, 0.2) is 16.8 Å². The lowest BCUT2D eigenvalue weighted by atomic mass is 10.0. The Bertz CT molecular complexity index is 296. The topological polar surface area (TPSA) is 12.0 Å². The Balaban J connectivity index is 1.46. The predicted molar refractivity (Wildman–Crippen MR) is 60.4 cm³/mol. The number of hydrogen-bond donors (Lipinski definition) is 1. The van der Waals surface area contributed by atoms with Crippen molar-refractivity contribution in [1.29, 1.82) is 0 Å². The van der Waals surface area contributed by atoms with E-state index >= 15 is 0 Å². The fraction of sp³-hybridized carbons (Fsp3) is 0.667. The fourth-order valence-corrected chi connectivity index (χ4v) is 3.10. The maximum atomic E-state index is 3.62. The molecule has 0 spiro atoms. The summed E-state index contributed by atoms with van der Waals surface area (Å²) >= 11 is 1.79. The van der Waals surface area contributed by atoms with Crippen LogP contribution < -0.4 is 5.32 Å². The number of rotatable bonds is 5. The molecule has 2 fully saturated rings. The van der Waals surface area contributed by atoms with Gasteiger partial charge in [0.25, 0.3) is 0 Å². The van der Waals surface area contributed by atoms with Crippen molar-refractivity contribution in [2.75, 3.05) is 6.54 Å². The molecule has 0 bridgehead atoms. The molecular formula is C12H17NS. The van der Waals surface area contributed by atoms with Gasteiger partial charge in [-0.2, -0.15) is 11.3 Å². The van der Waals surface area contributed by atoms with Gasteiger partial charge in [-0.1, -0.05) is 0 Å². The minimum Gasteiger partial charge on any atom is -0.312 e. The van der Waals surface area contributed by atoms with Crippen LogP contribution in [0.1, 0.15) is 31.2 Å². The van der Waals surface area contributed by atoms with E-state index in [0.717, 1.165) is 17.9 Å². The molecule has 1 nitrogen and oxygen atoms in total. The largest absolute Gasteiger partial charge is 0.312 e. The van der Waals surface area contributed by atoms with Gasteiger partial charge in [0.05, 0.1) is 0 Å². The second kappa shape index (κ2) is 3.35. The molecule has 0 unspecified atom stereocenters. The second-order valence-electron chi connectivity index (χ2n) is 4.87. The van der Waals surface area contributed by atoms with E-state index in [9.17, 15) is 0 Å². The van der Waals surface area contributed by atoms with Crippen LogP contribution in [-0.2, 0) is 6.54 Å². The van der Waals surface area contributed by atoms with Crippen molar-refractivity contribution in [2.24, 2.45) is 11.3 Å². The summed E-state index contributed by atoms with van der Waals surface area (Å²) in [7, 11) is 0. The van der Waals surface area contributed by atoms with Crippen molar-refractivity contribution in [3.8, 4) is 0 Å². The molecular weight excluding hydrogens is 190 g/mol. The summed E-state index contributed by atoms with van der Waals surface area (Å²) in [6.45, 7) is 2.32. The van der Waals surface area contributed by atoms with Gasteiger partial charge in [-0.05, 0) is 59.4 Å². The summed E-state index contributed by atoms with van der Waals surface area (Å²) in [6, 6.07) is 2.22. The first-order valence-corrected chi connectivity index (χ1v) is 6.55. The molecule has 0 amide bonds. The van der Waals surface area contributed by atoms with E-state index in [0.29, 0.717) is 0 Å². The molecule has 1 aromatic heterocycles. The van der Waals surface area contributed by atoms with Crippen LogP contribution in [0.25, 0.3) is 0 Å². The Morgan fingerprint density at radius 1 is 1.43 bits per heavy atom. The van der Waals surface area contributed by atoms with Crippen LogP contribution in [0.4, 0.5) is 0 Å². The Hall–Kier alpha value is -0.340. The number of nitrogens with one attached hydrogen (secondary N) is 1. The molecule has 2 saturated carbocycles. The molecule has 76 valence electrons. The average molecular weight is 207 g/mol. The lowest BCUT2D eigenvalue weighted by molar-refractivity contribution is 0.403. The van der Waals surface area contributed by atoms with Crippen LogP contribution in [0.3, 0.4) is 0 Å². The summed E-state index contributed by atoms with van der Waals surface area (Å²) < 4.78 is 0. The predicted octanol–water partition coefficient (Wildman–Crippen LogP) is 3.03. The van der Waals surface area contributed by atoms with Crippen molar-refractivity contribution in [3.05, 3.63) is 22.4 Å². The van der Waals surface area contributed by atoms with Gasteiger partial charge in [-0.3, -0.25) is 0 Å². The molecule has 2 aliphatic carbocycles. The summed E-state index contributed by atoms with van der Waals surface area (Å²) in [5, 5.41) is 8.02.